The van der Waals surface area contributed by atoms with Crippen LogP contribution in [0.5, 0.6) is 11.8 Å². The Morgan fingerprint density at radius 2 is 1.34 bits per heavy atom. The molecule has 0 saturated carbocycles. The molecule has 0 bridgehead atoms. The number of carbonyl (C=O) groups is 2. The van der Waals surface area contributed by atoms with Crippen LogP contribution in [-0.2, 0) is 36.8 Å². The van der Waals surface area contributed by atoms with Crippen LogP contribution in [0.4, 0.5) is 11.9 Å². The number of nitrogens with one attached hydrogen (secondary N) is 2. The summed E-state index contributed by atoms with van der Waals surface area (Å²) >= 11 is 0. The molecular weight excluding hydrogens is 949 g/mol. The van der Waals surface area contributed by atoms with Crippen molar-refractivity contribution in [1.29, 1.82) is 0 Å². The highest BCUT2D eigenvalue weighted by Crippen LogP contribution is 2.53. The highest BCUT2D eigenvalue weighted by atomic mass is 28.5. The summed E-state index contributed by atoms with van der Waals surface area (Å²) in [5.41, 5.74) is -0.840. The van der Waals surface area contributed by atoms with Gasteiger partial charge in [0, 0.05) is 27.1 Å². The molecule has 4 aliphatic heterocycles. The Balaban J connectivity index is 0.000000228. The number of carbonyl (C=O) groups excluding carboxylic acids is 2. The van der Waals surface area contributed by atoms with Crippen LogP contribution in [0.1, 0.15) is 107 Å². The Bertz CT molecular complexity index is 2470. The molecule has 6 N–H and O–H groups in total. The first-order valence-corrected chi connectivity index (χ1v) is 27.8. The minimum atomic E-state index is -3.09. The van der Waals surface area contributed by atoms with Gasteiger partial charge in [-0.05, 0) is 47.8 Å². The number of imidazole rings is 2. The Morgan fingerprint density at radius 1 is 0.814 bits per heavy atom. The monoisotopic (exact) mass is 1020 g/mol. The van der Waals surface area contributed by atoms with Gasteiger partial charge < -0.3 is 57.1 Å². The van der Waals surface area contributed by atoms with Crippen LogP contribution in [0.2, 0.25) is 22.2 Å². The zero-order valence-electron chi connectivity index (χ0n) is 42.0. The van der Waals surface area contributed by atoms with Crippen LogP contribution in [0, 0.1) is 0 Å². The molecule has 0 aliphatic carbocycles. The fourth-order valence-electron chi connectivity index (χ4n) is 10.4. The summed E-state index contributed by atoms with van der Waals surface area (Å²) in [5, 5.41) is 47.9. The molecule has 8 rings (SSSR count). The molecule has 388 valence electrons. The van der Waals surface area contributed by atoms with E-state index in [4.69, 9.17) is 36.7 Å². The predicted molar refractivity (Wildman–Crippen MR) is 256 cm³/mol. The molecule has 26 heteroatoms. The topological polar surface area (TPSA) is 300 Å². The average Bonchev–Trinajstić information content (AvgIpc) is 4.14. The number of aromatic nitrogens is 8. The second-order valence-electron chi connectivity index (χ2n) is 19.5. The minimum Gasteiger partial charge on any atom is -0.479 e. The fraction of sp³-hybridized carbons (Fsp3) is 0.727. The lowest BCUT2D eigenvalue weighted by Crippen LogP contribution is -2.67. The third-order valence-electron chi connectivity index (χ3n) is 13.7. The third kappa shape index (κ3) is 9.45. The van der Waals surface area contributed by atoms with E-state index in [2.05, 4.69) is 95.9 Å². The number of anilines is 2. The first-order chi connectivity index (χ1) is 33.2. The van der Waals surface area contributed by atoms with Crippen LogP contribution in [0.25, 0.3) is 22.3 Å². The Hall–Kier alpha value is -4.33. The second-order valence-corrected chi connectivity index (χ2v) is 28.4. The molecule has 4 fully saturated rings. The van der Waals surface area contributed by atoms with E-state index in [9.17, 15) is 30.0 Å². The summed E-state index contributed by atoms with van der Waals surface area (Å²) < 4.78 is 53.9. The molecule has 8 atom stereocenters. The van der Waals surface area contributed by atoms with Gasteiger partial charge in [0.2, 0.25) is 35.5 Å². The Labute approximate surface area is 408 Å². The maximum absolute atomic E-state index is 12.7. The van der Waals surface area contributed by atoms with E-state index in [0.717, 1.165) is 6.42 Å². The first-order valence-electron chi connectivity index (χ1n) is 23.9. The molecule has 2 amide bonds. The van der Waals surface area contributed by atoms with E-state index in [0.29, 0.717) is 41.8 Å². The summed E-state index contributed by atoms with van der Waals surface area (Å²) in [5.74, 6) is -0.219. The van der Waals surface area contributed by atoms with E-state index < -0.39 is 65.2 Å². The maximum atomic E-state index is 12.7. The van der Waals surface area contributed by atoms with Crippen molar-refractivity contribution in [3.8, 4) is 11.8 Å². The fourth-order valence-corrected chi connectivity index (χ4v) is 21.6. The Kier molecular flexibility index (Phi) is 16.1. The maximum Gasteiger partial charge on any atom is 0.335 e. The highest BCUT2D eigenvalue weighted by Gasteiger charge is 2.66. The molecular formula is C44H70N10O14Si2. The number of amides is 2. The second kappa shape index (κ2) is 21.0. The van der Waals surface area contributed by atoms with Gasteiger partial charge in [0.25, 0.3) is 0 Å². The predicted octanol–water partition coefficient (Wildman–Crippen LogP) is 3.74. The number of fused-ring (bicyclic) bond motifs is 3. The summed E-state index contributed by atoms with van der Waals surface area (Å²) in [6, 6.07) is 0. The third-order valence-corrected chi connectivity index (χ3v) is 23.9. The summed E-state index contributed by atoms with van der Waals surface area (Å²) in [7, 11) is -3.03. The molecule has 8 heterocycles. The van der Waals surface area contributed by atoms with Crippen LogP contribution in [0.15, 0.2) is 12.7 Å². The zero-order valence-corrected chi connectivity index (χ0v) is 44.0. The van der Waals surface area contributed by atoms with Gasteiger partial charge >= 0.3 is 17.1 Å². The number of aliphatic hydroxyl groups is 4. The van der Waals surface area contributed by atoms with Gasteiger partial charge in [0.05, 0.1) is 40.1 Å². The number of hydrogen-bond acceptors (Lipinski definition) is 20. The van der Waals surface area contributed by atoms with Crippen molar-refractivity contribution in [2.75, 3.05) is 51.3 Å². The van der Waals surface area contributed by atoms with Gasteiger partial charge in [-0.25, -0.2) is 9.97 Å². The molecule has 24 nitrogen and oxygen atoms in total. The van der Waals surface area contributed by atoms with E-state index in [1.54, 1.807) is 9.13 Å². The first kappa shape index (κ1) is 53.5. The molecule has 4 aromatic heterocycles. The molecule has 0 aromatic carbocycles. The van der Waals surface area contributed by atoms with E-state index in [-0.39, 0.29) is 83.9 Å². The van der Waals surface area contributed by atoms with Crippen molar-refractivity contribution in [3.05, 3.63) is 12.7 Å². The van der Waals surface area contributed by atoms with Gasteiger partial charge in [-0.2, -0.15) is 19.9 Å². The summed E-state index contributed by atoms with van der Waals surface area (Å²) in [4.78, 5) is 49.3. The molecule has 0 radical (unpaired) electrons. The lowest BCUT2D eigenvalue weighted by atomic mass is 9.89. The van der Waals surface area contributed by atoms with Crippen LogP contribution < -0.4 is 20.1 Å². The van der Waals surface area contributed by atoms with Crippen LogP contribution in [-0.4, -0.2) is 165 Å². The smallest absolute Gasteiger partial charge is 0.335 e. The van der Waals surface area contributed by atoms with Gasteiger partial charge in [0.1, 0.15) is 35.6 Å². The number of hydrogen-bond donors (Lipinski definition) is 6. The van der Waals surface area contributed by atoms with Crippen molar-refractivity contribution in [3.63, 3.8) is 0 Å². The standard InChI is InChI=1S/C28H49N5O8Si2.C16H21N5O6/c1-16(2)42(17(3)4)38-14-21-23(40-43(41-42,18(5)6)19(7)8)28(36,12-11-13-34)26(39-21)33-15-29-22-24(33)31-27(30-20(9)35)32-25(22)37-10;1-8(23)18-15-19-12-10(13(20-15)25-2)17-7-21(12)14-16(4-3-5-26-16)11(24)9(6-22)27-14/h15-19,21,23,26,34,36H,11-14H2,1-10H3,(H,30,31,32,35);7,9,11,14,22,24H,3-6H2,1-2H3,(H,18,19,20,23)/t21?,23-,26?,28+;9?,11-,14?,16+/m11/s1. The molecule has 4 aliphatic rings. The van der Waals surface area contributed by atoms with Crippen molar-refractivity contribution < 1.29 is 66.7 Å². The summed E-state index contributed by atoms with van der Waals surface area (Å²) in [6.45, 7) is 20.0. The van der Waals surface area contributed by atoms with Gasteiger partial charge in [-0.3, -0.25) is 29.4 Å². The van der Waals surface area contributed by atoms with Crippen molar-refractivity contribution in [2.45, 2.75) is 165 Å². The Morgan fingerprint density at radius 3 is 1.79 bits per heavy atom. The molecule has 1 spiro atoms. The highest BCUT2D eigenvalue weighted by molar-refractivity contribution is 6.84. The zero-order chi connectivity index (χ0) is 51.1. The van der Waals surface area contributed by atoms with E-state index >= 15 is 0 Å². The summed E-state index contributed by atoms with van der Waals surface area (Å²) in [6.07, 6.45) is -0.170. The minimum absolute atomic E-state index is 0.0326. The van der Waals surface area contributed by atoms with Gasteiger partial charge in [0.15, 0.2) is 34.8 Å². The SMILES string of the molecule is COc1nc(NC(C)=O)nc2c1ncn2C1OC(CO)[C@@H](O)[C@@]12CCCO2.COc1nc(NC(C)=O)nc2c1ncn2C1OC2CO[Si](C(C)C)(C(C)C)O[Si](C(C)C)(C(C)C)O[C@H]2[C@@]1(O)CCCO. The number of ether oxygens (including phenoxy) is 5. The number of methoxy groups -OCH3 is 2. The lowest BCUT2D eigenvalue weighted by Gasteiger charge is -2.52. The lowest BCUT2D eigenvalue weighted by molar-refractivity contribution is -0.119. The van der Waals surface area contributed by atoms with Gasteiger partial charge in [-0.15, -0.1) is 0 Å². The number of aliphatic hydroxyl groups excluding tert-OH is 3. The van der Waals surface area contributed by atoms with Crippen molar-refractivity contribution >= 4 is 63.2 Å². The van der Waals surface area contributed by atoms with Crippen LogP contribution in [0.3, 0.4) is 0 Å². The van der Waals surface area contributed by atoms with E-state index in [1.165, 1.54) is 40.7 Å². The number of nitrogens with zero attached hydrogens (tertiary/aromatic N) is 8. The molecule has 4 saturated heterocycles. The quantitative estimate of drug-likeness (QED) is 0.0980. The van der Waals surface area contributed by atoms with E-state index in [1.807, 2.05) is 0 Å². The largest absolute Gasteiger partial charge is 0.479 e. The normalized spacial score (nSPS) is 28.3. The van der Waals surface area contributed by atoms with Gasteiger partial charge in [-0.1, -0.05) is 55.4 Å². The van der Waals surface area contributed by atoms with Crippen LogP contribution >= 0.6 is 0 Å². The molecule has 4 unspecified atom stereocenters. The molecule has 4 aromatic rings. The number of rotatable bonds is 14. The van der Waals surface area contributed by atoms with Crippen molar-refractivity contribution in [1.82, 2.24) is 39.0 Å². The van der Waals surface area contributed by atoms with Crippen molar-refractivity contribution in [2.24, 2.45) is 0 Å². The average molecular weight is 1020 g/mol. The molecule has 70 heavy (non-hydrogen) atoms.